The molecule has 0 radical (unpaired) electrons. The summed E-state index contributed by atoms with van der Waals surface area (Å²) in [5.74, 6) is 2.03. The van der Waals surface area contributed by atoms with Crippen LogP contribution in [0.5, 0.6) is 5.75 Å². The first-order chi connectivity index (χ1) is 10.1. The van der Waals surface area contributed by atoms with Gasteiger partial charge < -0.3 is 15.4 Å². The molecular formula is C14H20N6O. The molecule has 2 aromatic heterocycles. The first kappa shape index (κ1) is 13.7. The van der Waals surface area contributed by atoms with E-state index in [-0.39, 0.29) is 6.10 Å². The number of aryl methyl sites for hydroxylation is 2. The predicted molar refractivity (Wildman–Crippen MR) is 80.3 cm³/mol. The summed E-state index contributed by atoms with van der Waals surface area (Å²) in [7, 11) is 1.86. The Balaban J connectivity index is 1.59. The second-order valence-electron chi connectivity index (χ2n) is 5.33. The molecular weight excluding hydrogens is 268 g/mol. The monoisotopic (exact) mass is 288 g/mol. The molecule has 3 rings (SSSR count). The molecule has 2 N–H and O–H groups in total. The molecule has 0 unspecified atom stereocenters. The van der Waals surface area contributed by atoms with Crippen molar-refractivity contribution >= 4 is 11.9 Å². The summed E-state index contributed by atoms with van der Waals surface area (Å²) < 4.78 is 7.75. The summed E-state index contributed by atoms with van der Waals surface area (Å²) >= 11 is 0. The third-order valence-corrected chi connectivity index (χ3v) is 3.65. The number of aromatic nitrogens is 4. The third-order valence-electron chi connectivity index (χ3n) is 3.65. The maximum Gasteiger partial charge on any atom is 0.241 e. The minimum Gasteiger partial charge on any atom is -0.490 e. The van der Waals surface area contributed by atoms with E-state index >= 15 is 0 Å². The fourth-order valence-electron chi connectivity index (χ4n) is 2.63. The van der Waals surface area contributed by atoms with Gasteiger partial charge in [0.15, 0.2) is 0 Å². The molecule has 0 aliphatic carbocycles. The highest BCUT2D eigenvalue weighted by atomic mass is 16.5. The molecule has 7 nitrogen and oxygen atoms in total. The smallest absolute Gasteiger partial charge is 0.241 e. The number of anilines is 2. The lowest BCUT2D eigenvalue weighted by Crippen LogP contribution is -2.39. The van der Waals surface area contributed by atoms with Gasteiger partial charge >= 0.3 is 0 Å². The van der Waals surface area contributed by atoms with Crippen molar-refractivity contribution in [2.75, 3.05) is 23.7 Å². The van der Waals surface area contributed by atoms with Crippen LogP contribution in [0.4, 0.5) is 11.9 Å². The van der Waals surface area contributed by atoms with Crippen LogP contribution in [0.2, 0.25) is 0 Å². The van der Waals surface area contributed by atoms with Crippen LogP contribution in [0.1, 0.15) is 18.5 Å². The van der Waals surface area contributed by atoms with E-state index in [0.717, 1.165) is 43.3 Å². The number of nitrogens with zero attached hydrogens (tertiary/aromatic N) is 5. The van der Waals surface area contributed by atoms with Crippen molar-refractivity contribution in [3.63, 3.8) is 0 Å². The number of rotatable bonds is 3. The fraction of sp³-hybridized carbons (Fsp3) is 0.500. The second-order valence-corrected chi connectivity index (χ2v) is 5.33. The van der Waals surface area contributed by atoms with Crippen molar-refractivity contribution in [2.45, 2.75) is 25.9 Å². The SMILES string of the molecule is Cc1cc(OC2CCN(c3nc(N)nn3C)CC2)ccn1. The van der Waals surface area contributed by atoms with E-state index in [1.165, 1.54) is 0 Å². The lowest BCUT2D eigenvalue weighted by Gasteiger charge is -2.32. The summed E-state index contributed by atoms with van der Waals surface area (Å²) in [4.78, 5) is 10.6. The third kappa shape index (κ3) is 3.07. The van der Waals surface area contributed by atoms with Gasteiger partial charge in [-0.25, -0.2) is 4.68 Å². The zero-order valence-corrected chi connectivity index (χ0v) is 12.4. The van der Waals surface area contributed by atoms with Crippen molar-refractivity contribution in [1.29, 1.82) is 0 Å². The molecule has 0 spiro atoms. The molecule has 0 amide bonds. The summed E-state index contributed by atoms with van der Waals surface area (Å²) in [6.07, 6.45) is 3.92. The van der Waals surface area contributed by atoms with Crippen LogP contribution in [-0.2, 0) is 7.05 Å². The van der Waals surface area contributed by atoms with Crippen molar-refractivity contribution in [3.05, 3.63) is 24.0 Å². The molecule has 0 atom stereocenters. The van der Waals surface area contributed by atoms with Crippen LogP contribution in [0.25, 0.3) is 0 Å². The number of ether oxygens (including phenoxy) is 1. The van der Waals surface area contributed by atoms with Gasteiger partial charge in [-0.15, -0.1) is 5.10 Å². The van der Waals surface area contributed by atoms with Gasteiger partial charge in [-0.05, 0) is 13.0 Å². The number of pyridine rings is 1. The van der Waals surface area contributed by atoms with Crippen LogP contribution in [0.3, 0.4) is 0 Å². The normalized spacial score (nSPS) is 16.2. The summed E-state index contributed by atoms with van der Waals surface area (Å²) in [6.45, 7) is 3.75. The van der Waals surface area contributed by atoms with E-state index in [9.17, 15) is 0 Å². The Morgan fingerprint density at radius 3 is 2.71 bits per heavy atom. The standard InChI is InChI=1S/C14H20N6O/c1-10-9-12(3-6-16-10)21-11-4-7-20(8-5-11)14-17-13(15)18-19(14)2/h3,6,9,11H,4-5,7-8H2,1-2H3,(H2,15,18). The molecule has 21 heavy (non-hydrogen) atoms. The number of piperidine rings is 1. The highest BCUT2D eigenvalue weighted by molar-refractivity contribution is 5.36. The van der Waals surface area contributed by atoms with E-state index in [1.807, 2.05) is 26.1 Å². The highest BCUT2D eigenvalue weighted by Gasteiger charge is 2.23. The van der Waals surface area contributed by atoms with Gasteiger partial charge in [-0.1, -0.05) is 0 Å². The Morgan fingerprint density at radius 2 is 2.10 bits per heavy atom. The second kappa shape index (κ2) is 5.59. The molecule has 0 bridgehead atoms. The van der Waals surface area contributed by atoms with Crippen LogP contribution in [0.15, 0.2) is 18.3 Å². The predicted octanol–water partition coefficient (Wildman–Crippen LogP) is 1.15. The van der Waals surface area contributed by atoms with Gasteiger partial charge in [-0.3, -0.25) is 4.98 Å². The number of hydrogen-bond donors (Lipinski definition) is 1. The average Bonchev–Trinajstić information content (AvgIpc) is 2.79. The fourth-order valence-corrected chi connectivity index (χ4v) is 2.63. The lowest BCUT2D eigenvalue weighted by molar-refractivity contribution is 0.170. The Morgan fingerprint density at radius 1 is 1.33 bits per heavy atom. The highest BCUT2D eigenvalue weighted by Crippen LogP contribution is 2.22. The van der Waals surface area contributed by atoms with Crippen LogP contribution < -0.4 is 15.4 Å². The molecule has 2 aromatic rings. The topological polar surface area (TPSA) is 82.1 Å². The molecule has 0 saturated carbocycles. The van der Waals surface area contributed by atoms with E-state index in [2.05, 4.69) is 20.0 Å². The molecule has 0 aromatic carbocycles. The number of nitrogen functional groups attached to an aromatic ring is 1. The first-order valence-corrected chi connectivity index (χ1v) is 7.12. The van der Waals surface area contributed by atoms with Crippen molar-refractivity contribution in [1.82, 2.24) is 19.7 Å². The molecule has 1 fully saturated rings. The van der Waals surface area contributed by atoms with Crippen molar-refractivity contribution in [3.8, 4) is 5.75 Å². The van der Waals surface area contributed by atoms with Crippen LogP contribution in [-0.4, -0.2) is 38.9 Å². The van der Waals surface area contributed by atoms with Gasteiger partial charge in [-0.2, -0.15) is 4.98 Å². The molecule has 1 saturated heterocycles. The zero-order chi connectivity index (χ0) is 14.8. The minimum atomic E-state index is 0.230. The van der Waals surface area contributed by atoms with E-state index in [0.29, 0.717) is 5.95 Å². The lowest BCUT2D eigenvalue weighted by atomic mass is 10.1. The summed E-state index contributed by atoms with van der Waals surface area (Å²) in [5.41, 5.74) is 6.60. The Bertz CT molecular complexity index is 618. The van der Waals surface area contributed by atoms with Gasteiger partial charge in [0, 0.05) is 50.9 Å². The number of nitrogens with two attached hydrogens (primary N) is 1. The first-order valence-electron chi connectivity index (χ1n) is 7.12. The molecule has 3 heterocycles. The zero-order valence-electron chi connectivity index (χ0n) is 12.4. The van der Waals surface area contributed by atoms with Gasteiger partial charge in [0.05, 0.1) is 0 Å². The van der Waals surface area contributed by atoms with E-state index in [4.69, 9.17) is 10.5 Å². The molecule has 1 aliphatic heterocycles. The summed E-state index contributed by atoms with van der Waals surface area (Å²) in [6, 6.07) is 3.87. The van der Waals surface area contributed by atoms with Gasteiger partial charge in [0.1, 0.15) is 11.9 Å². The van der Waals surface area contributed by atoms with Crippen molar-refractivity contribution in [2.24, 2.45) is 7.05 Å². The van der Waals surface area contributed by atoms with Crippen LogP contribution >= 0.6 is 0 Å². The van der Waals surface area contributed by atoms with E-state index < -0.39 is 0 Å². The Kier molecular flexibility index (Phi) is 3.64. The van der Waals surface area contributed by atoms with E-state index in [1.54, 1.807) is 10.9 Å². The Labute approximate surface area is 123 Å². The molecule has 1 aliphatic rings. The van der Waals surface area contributed by atoms with Gasteiger partial charge in [0.2, 0.25) is 11.9 Å². The van der Waals surface area contributed by atoms with Crippen LogP contribution in [0, 0.1) is 6.92 Å². The minimum absolute atomic E-state index is 0.230. The van der Waals surface area contributed by atoms with Crippen molar-refractivity contribution < 1.29 is 4.74 Å². The Hall–Kier alpha value is -2.31. The summed E-state index contributed by atoms with van der Waals surface area (Å²) in [5, 5.41) is 4.09. The molecule has 7 heteroatoms. The largest absolute Gasteiger partial charge is 0.490 e. The quantitative estimate of drug-likeness (QED) is 0.912. The molecule has 112 valence electrons. The average molecular weight is 288 g/mol. The number of hydrogen-bond acceptors (Lipinski definition) is 6. The maximum absolute atomic E-state index is 6.02. The van der Waals surface area contributed by atoms with Gasteiger partial charge in [0.25, 0.3) is 0 Å². The maximum atomic E-state index is 6.02.